The first kappa shape index (κ1) is 8.87. The first-order chi connectivity index (χ1) is 5.27. The molecule has 0 radical (unpaired) electrons. The van der Waals surface area contributed by atoms with Crippen molar-refractivity contribution in [2.75, 3.05) is 18.6 Å². The summed E-state index contributed by atoms with van der Waals surface area (Å²) in [5, 5.41) is 3.99. The molecule has 0 spiro atoms. The summed E-state index contributed by atoms with van der Waals surface area (Å²) in [5.41, 5.74) is 0. The number of aromatic nitrogens is 1. The van der Waals surface area contributed by atoms with E-state index in [2.05, 4.69) is 26.2 Å². The molecular weight excluding hydrogens is 224 g/mol. The molecule has 0 saturated carbocycles. The minimum atomic E-state index is 0.901. The first-order valence-corrected chi connectivity index (χ1v) is 5.18. The van der Waals surface area contributed by atoms with Crippen molar-refractivity contribution < 1.29 is 0 Å². The van der Waals surface area contributed by atoms with Gasteiger partial charge in [0.1, 0.15) is 10.8 Å². The smallest absolute Gasteiger partial charge is 0.127 e. The largest absolute Gasteiger partial charge is 0.373 e. The molecule has 0 aromatic carbocycles. The second-order valence-corrected chi connectivity index (χ2v) is 3.59. The standard InChI is InChI=1S/C7H9BrN2S/c1-9-6-4-3-5(8)7(10-6)11-2/h3-4H,1-2H3,(H,9,10). The van der Waals surface area contributed by atoms with Crippen molar-refractivity contribution in [1.82, 2.24) is 4.98 Å². The maximum atomic E-state index is 4.31. The average Bonchev–Trinajstić information content (AvgIpc) is 2.05. The molecule has 0 aliphatic carbocycles. The van der Waals surface area contributed by atoms with Gasteiger partial charge in [-0.15, -0.1) is 11.8 Å². The topological polar surface area (TPSA) is 24.9 Å². The van der Waals surface area contributed by atoms with Gasteiger partial charge in [-0.05, 0) is 34.3 Å². The third-order valence-corrected chi connectivity index (χ3v) is 2.86. The van der Waals surface area contributed by atoms with Crippen molar-refractivity contribution >= 4 is 33.5 Å². The molecule has 0 bridgehead atoms. The molecule has 1 rings (SSSR count). The number of nitrogens with one attached hydrogen (secondary N) is 1. The van der Waals surface area contributed by atoms with Crippen LogP contribution in [0.25, 0.3) is 0 Å². The summed E-state index contributed by atoms with van der Waals surface area (Å²) in [7, 11) is 1.86. The van der Waals surface area contributed by atoms with E-state index in [4.69, 9.17) is 0 Å². The number of thioether (sulfide) groups is 1. The molecule has 0 amide bonds. The second-order valence-electron chi connectivity index (χ2n) is 1.94. The fraction of sp³-hybridized carbons (Fsp3) is 0.286. The summed E-state index contributed by atoms with van der Waals surface area (Å²) in [6, 6.07) is 3.93. The monoisotopic (exact) mass is 232 g/mol. The van der Waals surface area contributed by atoms with Crippen molar-refractivity contribution in [2.24, 2.45) is 0 Å². The van der Waals surface area contributed by atoms with Gasteiger partial charge in [-0.2, -0.15) is 0 Å². The molecule has 0 aliphatic heterocycles. The summed E-state index contributed by atoms with van der Waals surface area (Å²) in [6.07, 6.45) is 2.01. The quantitative estimate of drug-likeness (QED) is 0.795. The van der Waals surface area contributed by atoms with Crippen molar-refractivity contribution in [2.45, 2.75) is 5.03 Å². The van der Waals surface area contributed by atoms with Crippen molar-refractivity contribution in [1.29, 1.82) is 0 Å². The Labute approximate surface area is 78.9 Å². The highest BCUT2D eigenvalue weighted by Gasteiger charge is 1.99. The summed E-state index contributed by atoms with van der Waals surface area (Å²) in [4.78, 5) is 4.31. The molecule has 1 heterocycles. The zero-order chi connectivity index (χ0) is 8.27. The zero-order valence-corrected chi connectivity index (χ0v) is 8.79. The predicted octanol–water partition coefficient (Wildman–Crippen LogP) is 2.61. The van der Waals surface area contributed by atoms with Gasteiger partial charge in [0.25, 0.3) is 0 Å². The van der Waals surface area contributed by atoms with Gasteiger partial charge in [-0.3, -0.25) is 0 Å². The average molecular weight is 233 g/mol. The lowest BCUT2D eigenvalue weighted by molar-refractivity contribution is 1.11. The number of nitrogens with zero attached hydrogens (tertiary/aromatic N) is 1. The highest BCUT2D eigenvalue weighted by atomic mass is 79.9. The van der Waals surface area contributed by atoms with Crippen LogP contribution in [-0.2, 0) is 0 Å². The number of anilines is 1. The molecule has 2 nitrogen and oxygen atoms in total. The van der Waals surface area contributed by atoms with Gasteiger partial charge in [-0.25, -0.2) is 4.98 Å². The van der Waals surface area contributed by atoms with Crippen LogP contribution in [0.15, 0.2) is 21.6 Å². The maximum Gasteiger partial charge on any atom is 0.127 e. The van der Waals surface area contributed by atoms with Crippen LogP contribution < -0.4 is 5.32 Å². The molecule has 0 unspecified atom stereocenters. The van der Waals surface area contributed by atoms with Crippen LogP contribution in [0.5, 0.6) is 0 Å². The Morgan fingerprint density at radius 2 is 2.27 bits per heavy atom. The second kappa shape index (κ2) is 3.97. The lowest BCUT2D eigenvalue weighted by Gasteiger charge is -2.02. The molecule has 1 aromatic heterocycles. The number of hydrogen-bond acceptors (Lipinski definition) is 3. The lowest BCUT2D eigenvalue weighted by Crippen LogP contribution is -1.92. The maximum absolute atomic E-state index is 4.31. The fourth-order valence-electron chi connectivity index (χ4n) is 0.706. The third-order valence-electron chi connectivity index (χ3n) is 1.26. The number of rotatable bonds is 2. The molecule has 0 aliphatic rings. The van der Waals surface area contributed by atoms with Crippen LogP contribution >= 0.6 is 27.7 Å². The number of halogens is 1. The van der Waals surface area contributed by atoms with Gasteiger partial charge in [0.15, 0.2) is 0 Å². The summed E-state index contributed by atoms with van der Waals surface area (Å²) >= 11 is 5.04. The van der Waals surface area contributed by atoms with Crippen molar-refractivity contribution in [3.63, 3.8) is 0 Å². The molecule has 4 heteroatoms. The van der Waals surface area contributed by atoms with Gasteiger partial charge in [0, 0.05) is 11.5 Å². The summed E-state index contributed by atoms with van der Waals surface area (Å²) in [5.74, 6) is 0.901. The van der Waals surface area contributed by atoms with Crippen molar-refractivity contribution in [3.8, 4) is 0 Å². The molecule has 0 atom stereocenters. The Morgan fingerprint density at radius 1 is 1.55 bits per heavy atom. The highest BCUT2D eigenvalue weighted by Crippen LogP contribution is 2.24. The van der Waals surface area contributed by atoms with Crippen LogP contribution in [0.3, 0.4) is 0 Å². The van der Waals surface area contributed by atoms with E-state index in [1.807, 2.05) is 25.4 Å². The molecule has 11 heavy (non-hydrogen) atoms. The molecule has 0 fully saturated rings. The van der Waals surface area contributed by atoms with Gasteiger partial charge < -0.3 is 5.32 Å². The van der Waals surface area contributed by atoms with Gasteiger partial charge >= 0.3 is 0 Å². The van der Waals surface area contributed by atoms with E-state index in [9.17, 15) is 0 Å². The van der Waals surface area contributed by atoms with Gasteiger partial charge in [-0.1, -0.05) is 0 Å². The zero-order valence-electron chi connectivity index (χ0n) is 6.39. The molecule has 0 saturated heterocycles. The van der Waals surface area contributed by atoms with Crippen LogP contribution in [0.1, 0.15) is 0 Å². The van der Waals surface area contributed by atoms with E-state index in [0.717, 1.165) is 15.3 Å². The normalized spacial score (nSPS) is 9.73. The highest BCUT2D eigenvalue weighted by molar-refractivity contribution is 9.10. The van der Waals surface area contributed by atoms with Gasteiger partial charge in [0.05, 0.1) is 0 Å². The first-order valence-electron chi connectivity index (χ1n) is 3.16. The minimum absolute atomic E-state index is 0.901. The Hall–Kier alpha value is -0.220. The van der Waals surface area contributed by atoms with E-state index < -0.39 is 0 Å². The SMILES string of the molecule is CNc1ccc(Br)c(SC)n1. The van der Waals surface area contributed by atoms with Crippen LogP contribution in [0.4, 0.5) is 5.82 Å². The van der Waals surface area contributed by atoms with E-state index in [1.54, 1.807) is 11.8 Å². The fourth-order valence-corrected chi connectivity index (χ4v) is 1.86. The Kier molecular flexibility index (Phi) is 3.20. The Bertz CT molecular complexity index is 252. The number of hydrogen-bond donors (Lipinski definition) is 1. The van der Waals surface area contributed by atoms with E-state index in [1.165, 1.54) is 0 Å². The van der Waals surface area contributed by atoms with Gasteiger partial charge in [0.2, 0.25) is 0 Å². The molecule has 60 valence electrons. The minimum Gasteiger partial charge on any atom is -0.373 e. The lowest BCUT2D eigenvalue weighted by atomic mass is 10.5. The third kappa shape index (κ3) is 2.10. The molecule has 1 N–H and O–H groups in total. The van der Waals surface area contributed by atoms with Crippen LogP contribution in [0.2, 0.25) is 0 Å². The Morgan fingerprint density at radius 3 is 2.82 bits per heavy atom. The predicted molar refractivity (Wildman–Crippen MR) is 53.3 cm³/mol. The van der Waals surface area contributed by atoms with E-state index in [-0.39, 0.29) is 0 Å². The summed E-state index contributed by atoms with van der Waals surface area (Å²) in [6.45, 7) is 0. The van der Waals surface area contributed by atoms with Crippen LogP contribution in [-0.4, -0.2) is 18.3 Å². The van der Waals surface area contributed by atoms with Crippen LogP contribution in [0, 0.1) is 0 Å². The summed E-state index contributed by atoms with van der Waals surface area (Å²) < 4.78 is 1.05. The number of pyridine rings is 1. The Balaban J connectivity index is 3.02. The van der Waals surface area contributed by atoms with E-state index >= 15 is 0 Å². The molecular formula is C7H9BrN2S. The van der Waals surface area contributed by atoms with E-state index in [0.29, 0.717) is 0 Å². The molecule has 1 aromatic rings. The van der Waals surface area contributed by atoms with Crippen molar-refractivity contribution in [3.05, 3.63) is 16.6 Å².